The quantitative estimate of drug-likeness (QED) is 0.631. The zero-order valence-electron chi connectivity index (χ0n) is 8.63. The van der Waals surface area contributed by atoms with Crippen LogP contribution >= 0.6 is 12.4 Å². The van der Waals surface area contributed by atoms with Gasteiger partial charge >= 0.3 is 0 Å². The van der Waals surface area contributed by atoms with Crippen LogP contribution in [-0.4, -0.2) is 22.8 Å². The standard InChI is InChI=1S/C10H19NO.ClH/c1-9(2,3)10(12)6-7-4-5-8(10)11-7;/h7-8,11-12H,4-6H2,1-3H3;1H/t7-,8+,10-;/m0./s1. The average molecular weight is 206 g/mol. The molecule has 2 bridgehead atoms. The van der Waals surface area contributed by atoms with E-state index in [0.29, 0.717) is 12.1 Å². The Balaban J connectivity index is 0.000000845. The lowest BCUT2D eigenvalue weighted by Crippen LogP contribution is -2.51. The minimum absolute atomic E-state index is 0. The maximum atomic E-state index is 10.5. The van der Waals surface area contributed by atoms with Gasteiger partial charge in [-0.25, -0.2) is 0 Å². The highest BCUT2D eigenvalue weighted by atomic mass is 35.5. The van der Waals surface area contributed by atoms with Gasteiger partial charge in [0.2, 0.25) is 0 Å². The SMILES string of the molecule is CC(C)(C)[C@]1(O)C[C@@H]2CC[C@H]1N2.Cl. The van der Waals surface area contributed by atoms with E-state index in [0.717, 1.165) is 12.8 Å². The summed E-state index contributed by atoms with van der Waals surface area (Å²) in [5.41, 5.74) is -0.449. The van der Waals surface area contributed by atoms with Crippen LogP contribution in [0.5, 0.6) is 0 Å². The Hall–Kier alpha value is 0.210. The second-order valence-corrected chi connectivity index (χ2v) is 5.37. The van der Waals surface area contributed by atoms with E-state index in [4.69, 9.17) is 0 Å². The normalized spacial score (nSPS) is 43.4. The Labute approximate surface area is 86.5 Å². The van der Waals surface area contributed by atoms with E-state index in [1.807, 2.05) is 0 Å². The van der Waals surface area contributed by atoms with Crippen molar-refractivity contribution in [2.45, 2.75) is 57.7 Å². The number of hydrogen-bond donors (Lipinski definition) is 2. The first-order valence-corrected chi connectivity index (χ1v) is 4.92. The first kappa shape index (κ1) is 11.3. The smallest absolute Gasteiger partial charge is 0.0862 e. The lowest BCUT2D eigenvalue weighted by molar-refractivity contribution is -0.0752. The predicted octanol–water partition coefficient (Wildman–Crippen LogP) is 1.71. The second kappa shape index (κ2) is 3.11. The van der Waals surface area contributed by atoms with Gasteiger partial charge in [-0.15, -0.1) is 12.4 Å². The molecule has 0 aromatic rings. The molecule has 13 heavy (non-hydrogen) atoms. The van der Waals surface area contributed by atoms with Gasteiger partial charge in [0.1, 0.15) is 0 Å². The lowest BCUT2D eigenvalue weighted by atomic mass is 9.68. The van der Waals surface area contributed by atoms with Crippen molar-refractivity contribution in [3.05, 3.63) is 0 Å². The van der Waals surface area contributed by atoms with E-state index in [-0.39, 0.29) is 17.8 Å². The van der Waals surface area contributed by atoms with Gasteiger partial charge in [0.25, 0.3) is 0 Å². The summed E-state index contributed by atoms with van der Waals surface area (Å²) in [4.78, 5) is 0. The average Bonchev–Trinajstić information content (AvgIpc) is 2.43. The van der Waals surface area contributed by atoms with Crippen molar-refractivity contribution < 1.29 is 5.11 Å². The molecule has 0 aliphatic carbocycles. The Kier molecular flexibility index (Phi) is 2.70. The fourth-order valence-corrected chi connectivity index (χ4v) is 2.70. The van der Waals surface area contributed by atoms with Gasteiger partial charge in [-0.3, -0.25) is 0 Å². The second-order valence-electron chi connectivity index (χ2n) is 5.37. The van der Waals surface area contributed by atoms with Crippen LogP contribution in [0.2, 0.25) is 0 Å². The molecule has 2 rings (SSSR count). The summed E-state index contributed by atoms with van der Waals surface area (Å²) in [7, 11) is 0. The molecule has 3 atom stereocenters. The number of nitrogens with one attached hydrogen (secondary N) is 1. The Bertz CT molecular complexity index is 202. The minimum Gasteiger partial charge on any atom is -0.388 e. The lowest BCUT2D eigenvalue weighted by Gasteiger charge is -2.42. The Morgan fingerprint density at radius 1 is 1.31 bits per heavy atom. The molecule has 2 aliphatic rings. The third kappa shape index (κ3) is 1.49. The molecule has 3 heteroatoms. The van der Waals surface area contributed by atoms with Gasteiger partial charge < -0.3 is 10.4 Å². The van der Waals surface area contributed by atoms with Gasteiger partial charge in [-0.05, 0) is 24.7 Å². The molecule has 0 aromatic carbocycles. The molecule has 78 valence electrons. The minimum atomic E-state index is -0.462. The zero-order chi connectivity index (χ0) is 8.98. The summed E-state index contributed by atoms with van der Waals surface area (Å²) < 4.78 is 0. The summed E-state index contributed by atoms with van der Waals surface area (Å²) >= 11 is 0. The molecule has 2 heterocycles. The zero-order valence-corrected chi connectivity index (χ0v) is 9.45. The van der Waals surface area contributed by atoms with Crippen LogP contribution in [0.1, 0.15) is 40.0 Å². The van der Waals surface area contributed by atoms with Crippen molar-refractivity contribution in [3.63, 3.8) is 0 Å². The van der Waals surface area contributed by atoms with Gasteiger partial charge in [0.15, 0.2) is 0 Å². The molecular weight excluding hydrogens is 186 g/mol. The number of hydrogen-bond acceptors (Lipinski definition) is 2. The van der Waals surface area contributed by atoms with Crippen molar-refractivity contribution in [3.8, 4) is 0 Å². The van der Waals surface area contributed by atoms with Gasteiger partial charge in [-0.1, -0.05) is 20.8 Å². The predicted molar refractivity (Wildman–Crippen MR) is 56.2 cm³/mol. The number of halogens is 1. The molecule has 2 nitrogen and oxygen atoms in total. The number of fused-ring (bicyclic) bond motifs is 2. The van der Waals surface area contributed by atoms with E-state index in [1.165, 1.54) is 6.42 Å². The van der Waals surface area contributed by atoms with Gasteiger partial charge in [0, 0.05) is 12.1 Å². The maximum absolute atomic E-state index is 10.5. The van der Waals surface area contributed by atoms with E-state index < -0.39 is 5.60 Å². The first-order chi connectivity index (χ1) is 5.43. The van der Waals surface area contributed by atoms with Crippen molar-refractivity contribution in [2.24, 2.45) is 5.41 Å². The Morgan fingerprint density at radius 3 is 2.15 bits per heavy atom. The molecule has 2 fully saturated rings. The Morgan fingerprint density at radius 2 is 1.92 bits per heavy atom. The van der Waals surface area contributed by atoms with Gasteiger partial charge in [-0.2, -0.15) is 0 Å². The van der Waals surface area contributed by atoms with E-state index in [9.17, 15) is 5.11 Å². The third-order valence-corrected chi connectivity index (χ3v) is 3.67. The highest BCUT2D eigenvalue weighted by Gasteiger charge is 2.55. The molecule has 2 saturated heterocycles. The summed E-state index contributed by atoms with van der Waals surface area (Å²) in [6.07, 6.45) is 3.35. The van der Waals surface area contributed by atoms with Crippen LogP contribution in [0.15, 0.2) is 0 Å². The third-order valence-electron chi connectivity index (χ3n) is 3.67. The number of aliphatic hydroxyl groups is 1. The van der Waals surface area contributed by atoms with Crippen LogP contribution < -0.4 is 5.32 Å². The van der Waals surface area contributed by atoms with Crippen LogP contribution in [0.4, 0.5) is 0 Å². The molecule has 0 aromatic heterocycles. The molecule has 0 saturated carbocycles. The van der Waals surface area contributed by atoms with Crippen molar-refractivity contribution in [1.29, 1.82) is 0 Å². The first-order valence-electron chi connectivity index (χ1n) is 4.92. The van der Waals surface area contributed by atoms with E-state index in [1.54, 1.807) is 0 Å². The van der Waals surface area contributed by atoms with Crippen LogP contribution in [0.3, 0.4) is 0 Å². The molecule has 2 aliphatic heterocycles. The molecule has 0 radical (unpaired) electrons. The van der Waals surface area contributed by atoms with Gasteiger partial charge in [0.05, 0.1) is 5.60 Å². The van der Waals surface area contributed by atoms with Crippen molar-refractivity contribution >= 4 is 12.4 Å². The van der Waals surface area contributed by atoms with Crippen molar-refractivity contribution in [2.75, 3.05) is 0 Å². The topological polar surface area (TPSA) is 32.3 Å². The summed E-state index contributed by atoms with van der Waals surface area (Å²) in [5.74, 6) is 0. The highest BCUT2D eigenvalue weighted by Crippen LogP contribution is 2.46. The molecule has 2 N–H and O–H groups in total. The summed E-state index contributed by atoms with van der Waals surface area (Å²) in [6.45, 7) is 6.40. The van der Waals surface area contributed by atoms with Crippen LogP contribution in [0, 0.1) is 5.41 Å². The molecule has 0 unspecified atom stereocenters. The molecule has 0 amide bonds. The highest BCUT2D eigenvalue weighted by molar-refractivity contribution is 5.85. The largest absolute Gasteiger partial charge is 0.388 e. The van der Waals surface area contributed by atoms with E-state index >= 15 is 0 Å². The monoisotopic (exact) mass is 205 g/mol. The molecular formula is C10H20ClNO. The fraction of sp³-hybridized carbons (Fsp3) is 1.00. The van der Waals surface area contributed by atoms with Crippen LogP contribution in [0.25, 0.3) is 0 Å². The summed E-state index contributed by atoms with van der Waals surface area (Å²) in [6, 6.07) is 0.932. The van der Waals surface area contributed by atoms with Crippen LogP contribution in [-0.2, 0) is 0 Å². The maximum Gasteiger partial charge on any atom is 0.0862 e. The summed E-state index contributed by atoms with van der Waals surface area (Å²) in [5, 5.41) is 13.9. The molecule has 0 spiro atoms. The van der Waals surface area contributed by atoms with E-state index in [2.05, 4.69) is 26.1 Å². The fourth-order valence-electron chi connectivity index (χ4n) is 2.70. The van der Waals surface area contributed by atoms with Crippen molar-refractivity contribution in [1.82, 2.24) is 5.32 Å². The number of rotatable bonds is 0.